The lowest BCUT2D eigenvalue weighted by Crippen LogP contribution is -2.60. The highest BCUT2D eigenvalue weighted by molar-refractivity contribution is 5.78. The van der Waals surface area contributed by atoms with Gasteiger partial charge in [-0.25, -0.2) is 4.79 Å². The number of benzene rings is 1. The van der Waals surface area contributed by atoms with E-state index in [-0.39, 0.29) is 37.4 Å². The summed E-state index contributed by atoms with van der Waals surface area (Å²) in [7, 11) is 0. The van der Waals surface area contributed by atoms with Gasteiger partial charge in [0.1, 0.15) is 24.6 Å². The third-order valence-electron chi connectivity index (χ3n) is 9.14. The second-order valence-electron chi connectivity index (χ2n) is 11.9. The molecule has 3 unspecified atom stereocenters. The van der Waals surface area contributed by atoms with E-state index in [1.165, 1.54) is 0 Å². The van der Waals surface area contributed by atoms with Crippen molar-refractivity contribution in [3.63, 3.8) is 0 Å². The number of ether oxygens (including phenoxy) is 5. The number of carbonyl (C=O) groups is 2. The van der Waals surface area contributed by atoms with E-state index in [1.54, 1.807) is 0 Å². The van der Waals surface area contributed by atoms with Crippen molar-refractivity contribution in [3.8, 4) is 5.75 Å². The Bertz CT molecular complexity index is 925. The SMILES string of the molecule is CCC1(OC(=O)COC23CC4CC(C2)CC(C(=O)OCCOC(C)Oc2ccccc2)(C4)C3)CCCC1. The molecule has 204 valence electrons. The molecule has 1 aromatic rings. The molecule has 0 spiro atoms. The fourth-order valence-corrected chi connectivity index (χ4v) is 7.84. The lowest BCUT2D eigenvalue weighted by Gasteiger charge is -2.60. The van der Waals surface area contributed by atoms with Gasteiger partial charge in [-0.2, -0.15) is 0 Å². The maximum atomic E-state index is 13.4. The Morgan fingerprint density at radius 2 is 1.70 bits per heavy atom. The smallest absolute Gasteiger partial charge is 0.332 e. The molecule has 5 fully saturated rings. The lowest BCUT2D eigenvalue weighted by atomic mass is 9.48. The minimum atomic E-state index is -0.518. The number of hydrogen-bond donors (Lipinski definition) is 0. The quantitative estimate of drug-likeness (QED) is 0.204. The highest BCUT2D eigenvalue weighted by Gasteiger charge is 2.62. The van der Waals surface area contributed by atoms with Crippen LogP contribution in [-0.4, -0.2) is 49.3 Å². The molecular formula is C30H42O7. The van der Waals surface area contributed by atoms with E-state index in [1.807, 2.05) is 37.3 Å². The van der Waals surface area contributed by atoms with Gasteiger partial charge in [0.2, 0.25) is 0 Å². The van der Waals surface area contributed by atoms with Gasteiger partial charge in [0.05, 0.1) is 17.6 Å². The summed E-state index contributed by atoms with van der Waals surface area (Å²) in [5.41, 5.74) is -1.25. The Kier molecular flexibility index (Phi) is 7.83. The zero-order chi connectivity index (χ0) is 25.9. The molecule has 5 aliphatic carbocycles. The monoisotopic (exact) mass is 514 g/mol. The Morgan fingerprint density at radius 3 is 2.38 bits per heavy atom. The molecule has 1 aromatic carbocycles. The van der Waals surface area contributed by atoms with Gasteiger partial charge in [-0.1, -0.05) is 25.1 Å². The predicted molar refractivity (Wildman–Crippen MR) is 137 cm³/mol. The van der Waals surface area contributed by atoms with Crippen LogP contribution in [0.15, 0.2) is 30.3 Å². The first-order valence-electron chi connectivity index (χ1n) is 14.2. The first-order valence-corrected chi connectivity index (χ1v) is 14.2. The van der Waals surface area contributed by atoms with Crippen LogP contribution in [0, 0.1) is 17.3 Å². The molecule has 0 N–H and O–H groups in total. The fourth-order valence-electron chi connectivity index (χ4n) is 7.84. The van der Waals surface area contributed by atoms with E-state index >= 15 is 0 Å². The molecule has 0 heterocycles. The van der Waals surface area contributed by atoms with Crippen LogP contribution in [0.3, 0.4) is 0 Å². The molecule has 4 bridgehead atoms. The van der Waals surface area contributed by atoms with Crippen LogP contribution in [0.2, 0.25) is 0 Å². The van der Waals surface area contributed by atoms with Crippen molar-refractivity contribution in [2.75, 3.05) is 19.8 Å². The van der Waals surface area contributed by atoms with Crippen LogP contribution in [0.5, 0.6) is 5.75 Å². The fraction of sp³-hybridized carbons (Fsp3) is 0.733. The largest absolute Gasteiger partial charge is 0.465 e. The van der Waals surface area contributed by atoms with Gasteiger partial charge in [0.25, 0.3) is 0 Å². The van der Waals surface area contributed by atoms with Crippen molar-refractivity contribution in [2.45, 2.75) is 102 Å². The first kappa shape index (κ1) is 26.5. The van der Waals surface area contributed by atoms with E-state index < -0.39 is 17.3 Å². The van der Waals surface area contributed by atoms with Crippen molar-refractivity contribution < 1.29 is 33.3 Å². The second-order valence-corrected chi connectivity index (χ2v) is 11.9. The van der Waals surface area contributed by atoms with Crippen LogP contribution >= 0.6 is 0 Å². The number of carbonyl (C=O) groups excluding carboxylic acids is 2. The highest BCUT2D eigenvalue weighted by Crippen LogP contribution is 2.63. The Labute approximate surface area is 220 Å². The van der Waals surface area contributed by atoms with Crippen molar-refractivity contribution in [1.82, 2.24) is 0 Å². The zero-order valence-electron chi connectivity index (χ0n) is 22.4. The highest BCUT2D eigenvalue weighted by atomic mass is 16.7. The van der Waals surface area contributed by atoms with Gasteiger partial charge in [-0.05, 0) is 102 Å². The molecule has 0 aromatic heterocycles. The molecule has 0 amide bonds. The molecule has 0 radical (unpaired) electrons. The van der Waals surface area contributed by atoms with Gasteiger partial charge >= 0.3 is 11.9 Å². The molecule has 3 atom stereocenters. The standard InChI is InChI=1S/C30H42O7/c1-3-29(11-7-8-12-29)37-26(31)20-35-30-18-23-15-24(19-30)17-28(16-23,21-30)27(32)34-14-13-33-22(2)36-25-9-5-4-6-10-25/h4-6,9-10,22-24H,3,7-8,11-21H2,1-2H3. The van der Waals surface area contributed by atoms with E-state index in [0.717, 1.165) is 70.0 Å². The molecule has 37 heavy (non-hydrogen) atoms. The zero-order valence-corrected chi connectivity index (χ0v) is 22.4. The van der Waals surface area contributed by atoms with Gasteiger partial charge in [-0.3, -0.25) is 4.79 Å². The predicted octanol–water partition coefficient (Wildman–Crippen LogP) is 5.59. The number of para-hydroxylation sites is 1. The van der Waals surface area contributed by atoms with Gasteiger partial charge < -0.3 is 23.7 Å². The molecule has 7 nitrogen and oxygen atoms in total. The third kappa shape index (κ3) is 5.98. The maximum absolute atomic E-state index is 13.4. The van der Waals surface area contributed by atoms with Crippen LogP contribution in [0.4, 0.5) is 0 Å². The topological polar surface area (TPSA) is 80.3 Å². The Balaban J connectivity index is 1.11. The third-order valence-corrected chi connectivity index (χ3v) is 9.14. The van der Waals surface area contributed by atoms with Crippen LogP contribution in [-0.2, 0) is 28.5 Å². The summed E-state index contributed by atoms with van der Waals surface area (Å²) in [6.45, 7) is 4.36. The summed E-state index contributed by atoms with van der Waals surface area (Å²) in [6, 6.07) is 9.50. The Morgan fingerprint density at radius 1 is 1.00 bits per heavy atom. The van der Waals surface area contributed by atoms with Gasteiger partial charge in [0, 0.05) is 0 Å². The van der Waals surface area contributed by atoms with E-state index in [4.69, 9.17) is 23.7 Å². The van der Waals surface area contributed by atoms with Crippen molar-refractivity contribution in [3.05, 3.63) is 30.3 Å². The summed E-state index contributed by atoms with van der Waals surface area (Å²) < 4.78 is 29.5. The molecule has 6 rings (SSSR count). The average molecular weight is 515 g/mol. The van der Waals surface area contributed by atoms with E-state index in [9.17, 15) is 9.59 Å². The summed E-state index contributed by atoms with van der Waals surface area (Å²) in [6.07, 6.45) is 9.85. The molecule has 0 aliphatic heterocycles. The summed E-state index contributed by atoms with van der Waals surface area (Å²) in [4.78, 5) is 26.1. The van der Waals surface area contributed by atoms with Crippen LogP contribution < -0.4 is 4.74 Å². The van der Waals surface area contributed by atoms with Crippen LogP contribution in [0.1, 0.15) is 84.5 Å². The second kappa shape index (κ2) is 10.9. The van der Waals surface area contributed by atoms with E-state index in [2.05, 4.69) is 6.92 Å². The Hall–Kier alpha value is -2.12. The maximum Gasteiger partial charge on any atom is 0.332 e. The molecule has 5 aliphatic rings. The van der Waals surface area contributed by atoms with Crippen molar-refractivity contribution >= 4 is 11.9 Å². The van der Waals surface area contributed by atoms with Gasteiger partial charge in [-0.15, -0.1) is 0 Å². The van der Waals surface area contributed by atoms with Gasteiger partial charge in [0.15, 0.2) is 6.29 Å². The van der Waals surface area contributed by atoms with Crippen LogP contribution in [0.25, 0.3) is 0 Å². The number of rotatable bonds is 12. The summed E-state index contributed by atoms with van der Waals surface area (Å²) >= 11 is 0. The summed E-state index contributed by atoms with van der Waals surface area (Å²) in [5.74, 6) is 1.21. The molecule has 0 saturated heterocycles. The first-order chi connectivity index (χ1) is 17.8. The number of esters is 2. The summed E-state index contributed by atoms with van der Waals surface area (Å²) in [5, 5.41) is 0. The molecular weight excluding hydrogens is 472 g/mol. The minimum absolute atomic E-state index is 0.0283. The normalized spacial score (nSPS) is 32.2. The average Bonchev–Trinajstić information content (AvgIpc) is 3.34. The molecule has 7 heteroatoms. The van der Waals surface area contributed by atoms with Crippen molar-refractivity contribution in [2.24, 2.45) is 17.3 Å². The lowest BCUT2D eigenvalue weighted by molar-refractivity contribution is -0.217. The molecule has 5 saturated carbocycles. The minimum Gasteiger partial charge on any atom is -0.465 e. The van der Waals surface area contributed by atoms with E-state index in [0.29, 0.717) is 18.3 Å². The number of hydrogen-bond acceptors (Lipinski definition) is 7. The van der Waals surface area contributed by atoms with Crippen molar-refractivity contribution in [1.29, 1.82) is 0 Å².